The standard InChI is InChI=1S/C15H16N4O/c1-20-15-5-3-2-4-10(15)8-17-14-7-13-11(6-12(14)16)9-18-19-13/h2-7,9,17H,8,16H2,1H3,(H,18,19). The summed E-state index contributed by atoms with van der Waals surface area (Å²) >= 11 is 0. The van der Waals surface area contributed by atoms with Gasteiger partial charge in [-0.25, -0.2) is 0 Å². The quantitative estimate of drug-likeness (QED) is 0.636. The first kappa shape index (κ1) is 12.3. The van der Waals surface area contributed by atoms with Gasteiger partial charge in [0.05, 0.1) is 30.2 Å². The zero-order valence-electron chi connectivity index (χ0n) is 11.2. The minimum atomic E-state index is 0.647. The molecule has 2 aromatic carbocycles. The van der Waals surface area contributed by atoms with Crippen molar-refractivity contribution < 1.29 is 4.74 Å². The average molecular weight is 268 g/mol. The molecule has 1 aromatic heterocycles. The number of nitrogens with zero attached hydrogens (tertiary/aromatic N) is 1. The Kier molecular flexibility index (Phi) is 3.16. The van der Waals surface area contributed by atoms with E-state index in [2.05, 4.69) is 15.5 Å². The van der Waals surface area contributed by atoms with E-state index in [0.717, 1.165) is 27.9 Å². The second-order valence-electron chi connectivity index (χ2n) is 4.56. The molecule has 0 aliphatic heterocycles. The molecular weight excluding hydrogens is 252 g/mol. The van der Waals surface area contributed by atoms with Crippen LogP contribution in [0.1, 0.15) is 5.56 Å². The smallest absolute Gasteiger partial charge is 0.123 e. The molecule has 0 aliphatic rings. The van der Waals surface area contributed by atoms with Crippen molar-refractivity contribution in [1.82, 2.24) is 10.2 Å². The van der Waals surface area contributed by atoms with Gasteiger partial charge in [0, 0.05) is 17.5 Å². The minimum absolute atomic E-state index is 0.647. The van der Waals surface area contributed by atoms with Crippen LogP contribution in [0.15, 0.2) is 42.6 Å². The average Bonchev–Trinajstić information content (AvgIpc) is 2.92. The molecule has 0 saturated carbocycles. The van der Waals surface area contributed by atoms with Crippen LogP contribution in [-0.4, -0.2) is 17.3 Å². The molecule has 0 bridgehead atoms. The molecule has 3 aromatic rings. The Hall–Kier alpha value is -2.69. The van der Waals surface area contributed by atoms with Crippen LogP contribution >= 0.6 is 0 Å². The third-order valence-electron chi connectivity index (χ3n) is 3.27. The Bertz CT molecular complexity index is 736. The van der Waals surface area contributed by atoms with Gasteiger partial charge in [0.15, 0.2) is 0 Å². The Balaban J connectivity index is 1.84. The summed E-state index contributed by atoms with van der Waals surface area (Å²) in [5, 5.41) is 11.3. The summed E-state index contributed by atoms with van der Waals surface area (Å²) in [6.45, 7) is 0.647. The first-order valence-corrected chi connectivity index (χ1v) is 6.36. The lowest BCUT2D eigenvalue weighted by Crippen LogP contribution is -2.04. The molecule has 0 fully saturated rings. The second kappa shape index (κ2) is 5.13. The number of rotatable bonds is 4. The number of nitrogens with two attached hydrogens (primary N) is 1. The lowest BCUT2D eigenvalue weighted by atomic mass is 10.1. The lowest BCUT2D eigenvalue weighted by Gasteiger charge is -2.12. The summed E-state index contributed by atoms with van der Waals surface area (Å²) in [6.07, 6.45) is 1.76. The van der Waals surface area contributed by atoms with Gasteiger partial charge in [0.1, 0.15) is 5.75 Å². The zero-order chi connectivity index (χ0) is 13.9. The second-order valence-corrected chi connectivity index (χ2v) is 4.56. The molecule has 102 valence electrons. The van der Waals surface area contributed by atoms with E-state index >= 15 is 0 Å². The van der Waals surface area contributed by atoms with Gasteiger partial charge in [-0.1, -0.05) is 18.2 Å². The first-order chi connectivity index (χ1) is 9.78. The number of hydrogen-bond donors (Lipinski definition) is 3. The monoisotopic (exact) mass is 268 g/mol. The number of aromatic nitrogens is 2. The molecule has 5 heteroatoms. The first-order valence-electron chi connectivity index (χ1n) is 6.36. The van der Waals surface area contributed by atoms with E-state index in [9.17, 15) is 0 Å². The number of benzene rings is 2. The number of para-hydroxylation sites is 1. The van der Waals surface area contributed by atoms with Crippen molar-refractivity contribution in [2.24, 2.45) is 0 Å². The minimum Gasteiger partial charge on any atom is -0.496 e. The van der Waals surface area contributed by atoms with Crippen molar-refractivity contribution in [2.75, 3.05) is 18.2 Å². The predicted molar refractivity (Wildman–Crippen MR) is 80.8 cm³/mol. The number of methoxy groups -OCH3 is 1. The van der Waals surface area contributed by atoms with Gasteiger partial charge in [0.25, 0.3) is 0 Å². The van der Waals surface area contributed by atoms with Gasteiger partial charge in [-0.15, -0.1) is 0 Å². The number of anilines is 2. The maximum Gasteiger partial charge on any atom is 0.123 e. The van der Waals surface area contributed by atoms with Crippen molar-refractivity contribution in [3.63, 3.8) is 0 Å². The molecule has 4 N–H and O–H groups in total. The van der Waals surface area contributed by atoms with Crippen molar-refractivity contribution in [2.45, 2.75) is 6.54 Å². The van der Waals surface area contributed by atoms with E-state index in [-0.39, 0.29) is 0 Å². The topological polar surface area (TPSA) is 76.0 Å². The normalized spacial score (nSPS) is 10.7. The molecule has 0 radical (unpaired) electrons. The highest BCUT2D eigenvalue weighted by atomic mass is 16.5. The van der Waals surface area contributed by atoms with Gasteiger partial charge >= 0.3 is 0 Å². The molecule has 0 spiro atoms. The van der Waals surface area contributed by atoms with Crippen LogP contribution in [0.25, 0.3) is 10.9 Å². The van der Waals surface area contributed by atoms with Crippen LogP contribution < -0.4 is 15.8 Å². The molecule has 0 atom stereocenters. The van der Waals surface area contributed by atoms with Crippen LogP contribution in [-0.2, 0) is 6.54 Å². The number of fused-ring (bicyclic) bond motifs is 1. The molecule has 1 heterocycles. The van der Waals surface area contributed by atoms with Gasteiger partial charge in [0.2, 0.25) is 0 Å². The number of nitrogen functional groups attached to an aromatic ring is 1. The number of nitrogens with one attached hydrogen (secondary N) is 2. The molecular formula is C15H16N4O. The van der Waals surface area contributed by atoms with Crippen LogP contribution in [0.3, 0.4) is 0 Å². The molecule has 0 unspecified atom stereocenters. The Morgan fingerprint density at radius 1 is 1.30 bits per heavy atom. The summed E-state index contributed by atoms with van der Waals surface area (Å²) in [5.41, 5.74) is 9.67. The van der Waals surface area contributed by atoms with Crippen LogP contribution in [0.5, 0.6) is 5.75 Å². The van der Waals surface area contributed by atoms with E-state index < -0.39 is 0 Å². The number of ether oxygens (including phenoxy) is 1. The fourth-order valence-corrected chi connectivity index (χ4v) is 2.20. The molecule has 5 nitrogen and oxygen atoms in total. The largest absolute Gasteiger partial charge is 0.496 e. The van der Waals surface area contributed by atoms with Gasteiger partial charge in [-0.2, -0.15) is 5.10 Å². The van der Waals surface area contributed by atoms with Crippen molar-refractivity contribution in [1.29, 1.82) is 0 Å². The third kappa shape index (κ3) is 2.25. The Morgan fingerprint density at radius 2 is 2.15 bits per heavy atom. The van der Waals surface area contributed by atoms with Crippen molar-refractivity contribution in [3.8, 4) is 5.75 Å². The van der Waals surface area contributed by atoms with E-state index in [1.165, 1.54) is 0 Å². The van der Waals surface area contributed by atoms with Crippen molar-refractivity contribution in [3.05, 3.63) is 48.2 Å². The highest BCUT2D eigenvalue weighted by Gasteiger charge is 2.05. The highest BCUT2D eigenvalue weighted by molar-refractivity contribution is 5.88. The fourth-order valence-electron chi connectivity index (χ4n) is 2.20. The van der Waals surface area contributed by atoms with E-state index in [4.69, 9.17) is 10.5 Å². The number of H-pyrrole nitrogens is 1. The molecule has 3 rings (SSSR count). The molecule has 0 aliphatic carbocycles. The Labute approximate surface area is 116 Å². The molecule has 20 heavy (non-hydrogen) atoms. The van der Waals surface area contributed by atoms with Crippen LogP contribution in [0.4, 0.5) is 11.4 Å². The van der Waals surface area contributed by atoms with Crippen molar-refractivity contribution >= 4 is 22.3 Å². The SMILES string of the molecule is COc1ccccc1CNc1cc2[nH]ncc2cc1N. The highest BCUT2D eigenvalue weighted by Crippen LogP contribution is 2.26. The molecule has 0 amide bonds. The summed E-state index contributed by atoms with van der Waals surface area (Å²) in [7, 11) is 1.67. The summed E-state index contributed by atoms with van der Waals surface area (Å²) in [4.78, 5) is 0. The Morgan fingerprint density at radius 3 is 3.00 bits per heavy atom. The number of hydrogen-bond acceptors (Lipinski definition) is 4. The van der Waals surface area contributed by atoms with E-state index in [1.807, 2.05) is 36.4 Å². The maximum atomic E-state index is 6.05. The van der Waals surface area contributed by atoms with Gasteiger partial charge < -0.3 is 15.8 Å². The van der Waals surface area contributed by atoms with E-state index in [1.54, 1.807) is 13.3 Å². The fraction of sp³-hybridized carbons (Fsp3) is 0.133. The summed E-state index contributed by atoms with van der Waals surface area (Å²) in [6, 6.07) is 11.8. The van der Waals surface area contributed by atoms with E-state index in [0.29, 0.717) is 12.2 Å². The number of aromatic amines is 1. The predicted octanol–water partition coefficient (Wildman–Crippen LogP) is 2.77. The third-order valence-corrected chi connectivity index (χ3v) is 3.27. The summed E-state index contributed by atoms with van der Waals surface area (Å²) < 4.78 is 5.33. The van der Waals surface area contributed by atoms with Crippen LogP contribution in [0, 0.1) is 0 Å². The zero-order valence-corrected chi connectivity index (χ0v) is 11.2. The maximum absolute atomic E-state index is 6.05. The lowest BCUT2D eigenvalue weighted by molar-refractivity contribution is 0.410. The van der Waals surface area contributed by atoms with Gasteiger partial charge in [-0.3, -0.25) is 5.10 Å². The van der Waals surface area contributed by atoms with Crippen LogP contribution in [0.2, 0.25) is 0 Å². The van der Waals surface area contributed by atoms with Gasteiger partial charge in [-0.05, 0) is 18.2 Å². The summed E-state index contributed by atoms with van der Waals surface area (Å²) in [5.74, 6) is 0.862. The molecule has 0 saturated heterocycles.